The summed E-state index contributed by atoms with van der Waals surface area (Å²) in [7, 11) is -3.84. The molecule has 126 valence electrons. The average Bonchev–Trinajstić information content (AvgIpc) is 2.48. The van der Waals surface area contributed by atoms with Gasteiger partial charge in [-0.15, -0.1) is 0 Å². The van der Waals surface area contributed by atoms with Crippen molar-refractivity contribution in [2.24, 2.45) is 5.10 Å². The van der Waals surface area contributed by atoms with Crippen LogP contribution in [0, 0.1) is 24.0 Å². The van der Waals surface area contributed by atoms with Crippen LogP contribution in [0.2, 0.25) is 0 Å². The number of nitro groups is 1. The van der Waals surface area contributed by atoms with Gasteiger partial charge in [-0.3, -0.25) is 10.1 Å². The van der Waals surface area contributed by atoms with E-state index >= 15 is 0 Å². The number of phenols is 1. The SMILES string of the molecule is Cc1ccc(S(=O)(=O)N/N=C/c2ccc(O)c([N+](=O)[O-])c2)c(C)c1. The van der Waals surface area contributed by atoms with Crippen molar-refractivity contribution in [2.75, 3.05) is 0 Å². The standard InChI is InChI=1S/C15H15N3O5S/c1-10-3-6-15(11(2)7-10)24(22,23)17-16-9-12-4-5-14(19)13(8-12)18(20)21/h3-9,17,19H,1-2H3/b16-9+. The van der Waals surface area contributed by atoms with Gasteiger partial charge in [0.15, 0.2) is 5.75 Å². The van der Waals surface area contributed by atoms with E-state index in [0.29, 0.717) is 5.56 Å². The number of hydrogen-bond donors (Lipinski definition) is 2. The molecule has 0 amide bonds. The number of sulfonamides is 1. The molecule has 0 spiro atoms. The lowest BCUT2D eigenvalue weighted by Gasteiger charge is -2.07. The average molecular weight is 349 g/mol. The van der Waals surface area contributed by atoms with Gasteiger partial charge in [-0.1, -0.05) is 17.7 Å². The molecule has 0 bridgehead atoms. The van der Waals surface area contributed by atoms with E-state index in [1.165, 1.54) is 12.1 Å². The van der Waals surface area contributed by atoms with Gasteiger partial charge in [0.2, 0.25) is 0 Å². The number of aryl methyl sites for hydroxylation is 2. The Kier molecular flexibility index (Phi) is 4.84. The van der Waals surface area contributed by atoms with E-state index in [1.807, 2.05) is 6.92 Å². The Bertz CT molecular complexity index is 923. The molecule has 24 heavy (non-hydrogen) atoms. The Morgan fingerprint density at radius 1 is 1.21 bits per heavy atom. The zero-order valence-electron chi connectivity index (χ0n) is 12.9. The molecule has 0 fully saturated rings. The molecule has 0 radical (unpaired) electrons. The molecule has 2 aromatic carbocycles. The van der Waals surface area contributed by atoms with Crippen molar-refractivity contribution in [1.29, 1.82) is 0 Å². The topological polar surface area (TPSA) is 122 Å². The van der Waals surface area contributed by atoms with Crippen molar-refractivity contribution in [3.05, 3.63) is 63.2 Å². The summed E-state index contributed by atoms with van der Waals surface area (Å²) in [5.41, 5.74) is 1.29. The van der Waals surface area contributed by atoms with E-state index in [9.17, 15) is 23.6 Å². The summed E-state index contributed by atoms with van der Waals surface area (Å²) < 4.78 is 24.4. The van der Waals surface area contributed by atoms with Crippen molar-refractivity contribution < 1.29 is 18.4 Å². The van der Waals surface area contributed by atoms with Crippen molar-refractivity contribution in [3.8, 4) is 5.75 Å². The normalized spacial score (nSPS) is 11.6. The molecule has 2 rings (SSSR count). The van der Waals surface area contributed by atoms with Crippen LogP contribution >= 0.6 is 0 Å². The number of nitrogens with one attached hydrogen (secondary N) is 1. The lowest BCUT2D eigenvalue weighted by atomic mass is 10.2. The van der Waals surface area contributed by atoms with Crippen LogP contribution in [0.25, 0.3) is 0 Å². The predicted octanol–water partition coefficient (Wildman–Crippen LogP) is 2.23. The molecule has 0 unspecified atom stereocenters. The molecule has 0 heterocycles. The first-order valence-electron chi connectivity index (χ1n) is 6.80. The van der Waals surface area contributed by atoms with Gasteiger partial charge in [-0.2, -0.15) is 13.5 Å². The summed E-state index contributed by atoms with van der Waals surface area (Å²) in [5.74, 6) is -0.479. The Balaban J connectivity index is 2.22. The van der Waals surface area contributed by atoms with Crippen LogP contribution < -0.4 is 4.83 Å². The highest BCUT2D eigenvalue weighted by atomic mass is 32.2. The molecule has 0 aliphatic heterocycles. The van der Waals surface area contributed by atoms with E-state index in [1.54, 1.807) is 19.1 Å². The zero-order chi connectivity index (χ0) is 17.9. The third-order valence-corrected chi connectivity index (χ3v) is 4.59. The smallest absolute Gasteiger partial charge is 0.311 e. The number of benzene rings is 2. The van der Waals surface area contributed by atoms with E-state index in [4.69, 9.17) is 0 Å². The predicted molar refractivity (Wildman–Crippen MR) is 88.6 cm³/mol. The van der Waals surface area contributed by atoms with E-state index in [0.717, 1.165) is 23.9 Å². The van der Waals surface area contributed by atoms with Gasteiger partial charge in [-0.25, -0.2) is 4.83 Å². The number of hydrogen-bond acceptors (Lipinski definition) is 6. The third-order valence-electron chi connectivity index (χ3n) is 3.20. The Morgan fingerprint density at radius 3 is 2.54 bits per heavy atom. The van der Waals surface area contributed by atoms with E-state index in [-0.39, 0.29) is 10.5 Å². The first kappa shape index (κ1) is 17.4. The fraction of sp³-hybridized carbons (Fsp3) is 0.133. The summed E-state index contributed by atoms with van der Waals surface area (Å²) in [6.07, 6.45) is 1.12. The molecule has 0 saturated carbocycles. The minimum atomic E-state index is -3.84. The molecule has 0 aliphatic rings. The summed E-state index contributed by atoms with van der Waals surface area (Å²) in [5, 5.41) is 23.7. The molecule has 0 saturated heterocycles. The molecule has 0 aliphatic carbocycles. The maximum absolute atomic E-state index is 12.2. The second-order valence-electron chi connectivity index (χ2n) is 5.13. The van der Waals surface area contributed by atoms with Gasteiger partial charge in [0.1, 0.15) is 0 Å². The van der Waals surface area contributed by atoms with Gasteiger partial charge in [-0.05, 0) is 37.6 Å². The summed E-state index contributed by atoms with van der Waals surface area (Å²) in [6.45, 7) is 3.53. The number of nitrogens with zero attached hydrogens (tertiary/aromatic N) is 2. The van der Waals surface area contributed by atoms with Crippen LogP contribution in [0.15, 0.2) is 46.4 Å². The highest BCUT2D eigenvalue weighted by molar-refractivity contribution is 7.89. The van der Waals surface area contributed by atoms with Gasteiger partial charge in [0.25, 0.3) is 10.0 Å². The molecule has 9 heteroatoms. The summed E-state index contributed by atoms with van der Waals surface area (Å²) >= 11 is 0. The largest absolute Gasteiger partial charge is 0.502 e. The fourth-order valence-corrected chi connectivity index (χ4v) is 3.11. The Labute approximate surface area is 138 Å². The van der Waals surface area contributed by atoms with Crippen molar-refractivity contribution in [3.63, 3.8) is 0 Å². The molecular weight excluding hydrogens is 334 g/mol. The highest BCUT2D eigenvalue weighted by Gasteiger charge is 2.16. The van der Waals surface area contributed by atoms with Crippen LogP contribution in [0.1, 0.15) is 16.7 Å². The first-order chi connectivity index (χ1) is 11.2. The number of phenolic OH excluding ortho intramolecular Hbond substituents is 1. The molecule has 8 nitrogen and oxygen atoms in total. The first-order valence-corrected chi connectivity index (χ1v) is 8.28. The van der Waals surface area contributed by atoms with Gasteiger partial charge >= 0.3 is 5.69 Å². The summed E-state index contributed by atoms with van der Waals surface area (Å²) in [6, 6.07) is 8.49. The van der Waals surface area contributed by atoms with Crippen molar-refractivity contribution >= 4 is 21.9 Å². The Morgan fingerprint density at radius 2 is 1.92 bits per heavy atom. The van der Waals surface area contributed by atoms with Crippen LogP contribution in [0.3, 0.4) is 0 Å². The van der Waals surface area contributed by atoms with Gasteiger partial charge < -0.3 is 5.11 Å². The van der Waals surface area contributed by atoms with E-state index in [2.05, 4.69) is 9.93 Å². The van der Waals surface area contributed by atoms with Crippen LogP contribution in [0.5, 0.6) is 5.75 Å². The lowest BCUT2D eigenvalue weighted by molar-refractivity contribution is -0.385. The Hall–Kier alpha value is -2.94. The van der Waals surface area contributed by atoms with Crippen LogP contribution in [0.4, 0.5) is 5.69 Å². The molecule has 2 N–H and O–H groups in total. The number of nitro benzene ring substituents is 1. The monoisotopic (exact) mass is 349 g/mol. The zero-order valence-corrected chi connectivity index (χ0v) is 13.7. The molecule has 0 atom stereocenters. The fourth-order valence-electron chi connectivity index (χ4n) is 2.09. The summed E-state index contributed by atoms with van der Waals surface area (Å²) in [4.78, 5) is 12.2. The maximum Gasteiger partial charge on any atom is 0.311 e. The number of hydrazone groups is 1. The maximum atomic E-state index is 12.2. The van der Waals surface area contributed by atoms with Crippen LogP contribution in [-0.2, 0) is 10.0 Å². The van der Waals surface area contributed by atoms with Crippen LogP contribution in [-0.4, -0.2) is 24.7 Å². The molecule has 2 aromatic rings. The third kappa shape index (κ3) is 3.87. The second-order valence-corrected chi connectivity index (χ2v) is 6.76. The number of aromatic hydroxyl groups is 1. The minimum absolute atomic E-state index is 0.0990. The lowest BCUT2D eigenvalue weighted by Crippen LogP contribution is -2.19. The van der Waals surface area contributed by atoms with Crippen molar-refractivity contribution in [2.45, 2.75) is 18.7 Å². The van der Waals surface area contributed by atoms with Crippen molar-refractivity contribution in [1.82, 2.24) is 4.83 Å². The number of rotatable bonds is 5. The molecule has 0 aromatic heterocycles. The highest BCUT2D eigenvalue weighted by Crippen LogP contribution is 2.25. The quantitative estimate of drug-likeness (QED) is 0.487. The minimum Gasteiger partial charge on any atom is -0.502 e. The van der Waals surface area contributed by atoms with E-state index < -0.39 is 26.4 Å². The van der Waals surface area contributed by atoms with Gasteiger partial charge in [0, 0.05) is 11.6 Å². The molecular formula is C15H15N3O5S. The second kappa shape index (κ2) is 6.67. The van der Waals surface area contributed by atoms with Gasteiger partial charge in [0.05, 0.1) is 16.0 Å².